The molecule has 1 saturated heterocycles. The number of anilines is 1. The van der Waals surface area contributed by atoms with E-state index in [0.29, 0.717) is 11.3 Å². The van der Waals surface area contributed by atoms with Crippen LogP contribution in [0.5, 0.6) is 0 Å². The number of methoxy groups -OCH3 is 1. The summed E-state index contributed by atoms with van der Waals surface area (Å²) in [6.45, 7) is 0.856. The van der Waals surface area contributed by atoms with Crippen molar-refractivity contribution < 1.29 is 14.3 Å². The average Bonchev–Trinajstić information content (AvgIpc) is 2.94. The molecule has 1 aliphatic rings. The first-order valence-electron chi connectivity index (χ1n) is 6.04. The van der Waals surface area contributed by atoms with Crippen LogP contribution in [0, 0.1) is 3.57 Å². The number of halogens is 1. The third-order valence-electron chi connectivity index (χ3n) is 3.02. The highest BCUT2D eigenvalue weighted by molar-refractivity contribution is 14.1. The van der Waals surface area contributed by atoms with Crippen LogP contribution < -0.4 is 10.6 Å². The van der Waals surface area contributed by atoms with E-state index >= 15 is 0 Å². The van der Waals surface area contributed by atoms with Gasteiger partial charge >= 0.3 is 5.97 Å². The second-order valence-electron chi connectivity index (χ2n) is 4.32. The Morgan fingerprint density at radius 3 is 2.89 bits per heavy atom. The predicted molar refractivity (Wildman–Crippen MR) is 80.2 cm³/mol. The molecule has 0 bridgehead atoms. The van der Waals surface area contributed by atoms with Gasteiger partial charge in [0.1, 0.15) is 0 Å². The van der Waals surface area contributed by atoms with Gasteiger partial charge in [-0.2, -0.15) is 0 Å². The van der Waals surface area contributed by atoms with Crippen LogP contribution in [0.1, 0.15) is 23.2 Å². The molecule has 0 aliphatic carbocycles. The van der Waals surface area contributed by atoms with E-state index < -0.39 is 5.97 Å². The van der Waals surface area contributed by atoms with Gasteiger partial charge in [0.15, 0.2) is 0 Å². The summed E-state index contributed by atoms with van der Waals surface area (Å²) in [5.41, 5.74) is 0.867. The van der Waals surface area contributed by atoms with E-state index in [2.05, 4.69) is 33.2 Å². The van der Waals surface area contributed by atoms with Gasteiger partial charge in [0.05, 0.1) is 24.4 Å². The van der Waals surface area contributed by atoms with E-state index in [1.807, 2.05) is 6.07 Å². The van der Waals surface area contributed by atoms with Crippen LogP contribution in [0.4, 0.5) is 5.69 Å². The van der Waals surface area contributed by atoms with Crippen molar-refractivity contribution in [3.8, 4) is 0 Å². The highest BCUT2D eigenvalue weighted by Gasteiger charge is 2.23. The van der Waals surface area contributed by atoms with Gasteiger partial charge < -0.3 is 15.4 Å². The lowest BCUT2D eigenvalue weighted by molar-refractivity contribution is -0.117. The molecule has 0 aromatic heterocycles. The molecular formula is C13H15IN2O3. The molecule has 0 unspecified atom stereocenters. The van der Waals surface area contributed by atoms with Gasteiger partial charge in [-0.3, -0.25) is 4.79 Å². The van der Waals surface area contributed by atoms with Crippen LogP contribution in [0.25, 0.3) is 0 Å². The number of nitrogens with one attached hydrogen (secondary N) is 2. The van der Waals surface area contributed by atoms with Crippen LogP contribution in [0.2, 0.25) is 0 Å². The fraction of sp³-hybridized carbons (Fsp3) is 0.385. The van der Waals surface area contributed by atoms with Gasteiger partial charge in [0, 0.05) is 3.57 Å². The van der Waals surface area contributed by atoms with Crippen LogP contribution in [-0.2, 0) is 9.53 Å². The second kappa shape index (κ2) is 6.33. The average molecular weight is 374 g/mol. The largest absolute Gasteiger partial charge is 0.465 e. The Balaban J connectivity index is 2.19. The van der Waals surface area contributed by atoms with E-state index in [9.17, 15) is 9.59 Å². The number of ether oxygens (including phenoxy) is 1. The van der Waals surface area contributed by atoms with Gasteiger partial charge in [-0.05, 0) is 60.2 Å². The maximum Gasteiger partial charge on any atom is 0.340 e. The van der Waals surface area contributed by atoms with Crippen molar-refractivity contribution >= 4 is 40.2 Å². The normalized spacial score (nSPS) is 18.1. The zero-order valence-corrected chi connectivity index (χ0v) is 12.7. The molecule has 2 N–H and O–H groups in total. The van der Waals surface area contributed by atoms with Crippen molar-refractivity contribution in [2.45, 2.75) is 18.9 Å². The zero-order chi connectivity index (χ0) is 13.8. The molecule has 1 aromatic rings. The lowest BCUT2D eigenvalue weighted by Gasteiger charge is -2.13. The summed E-state index contributed by atoms with van der Waals surface area (Å²) in [6.07, 6.45) is 1.82. The number of carbonyl (C=O) groups is 2. The molecule has 1 atom stereocenters. The number of rotatable bonds is 3. The minimum absolute atomic E-state index is 0.108. The van der Waals surface area contributed by atoms with Gasteiger partial charge in [-0.1, -0.05) is 0 Å². The molecule has 102 valence electrons. The topological polar surface area (TPSA) is 67.4 Å². The zero-order valence-electron chi connectivity index (χ0n) is 10.5. The third kappa shape index (κ3) is 3.44. The predicted octanol–water partition coefficient (Wildman–Crippen LogP) is 1.77. The third-order valence-corrected chi connectivity index (χ3v) is 3.69. The highest BCUT2D eigenvalue weighted by Crippen LogP contribution is 2.20. The molecule has 1 aromatic carbocycles. The first-order valence-corrected chi connectivity index (χ1v) is 7.12. The molecule has 0 saturated carbocycles. The summed E-state index contributed by atoms with van der Waals surface area (Å²) >= 11 is 2.11. The Bertz CT molecular complexity index is 499. The molecule has 1 fully saturated rings. The fourth-order valence-electron chi connectivity index (χ4n) is 2.03. The van der Waals surface area contributed by atoms with Crippen LogP contribution >= 0.6 is 22.6 Å². The van der Waals surface area contributed by atoms with Gasteiger partial charge in [-0.25, -0.2) is 4.79 Å². The summed E-state index contributed by atoms with van der Waals surface area (Å²) in [4.78, 5) is 23.7. The Morgan fingerprint density at radius 1 is 1.47 bits per heavy atom. The van der Waals surface area contributed by atoms with Crippen molar-refractivity contribution in [2.24, 2.45) is 0 Å². The maximum absolute atomic E-state index is 12.0. The molecule has 0 radical (unpaired) electrons. The molecule has 0 spiro atoms. The second-order valence-corrected chi connectivity index (χ2v) is 5.57. The molecule has 5 nitrogen and oxygen atoms in total. The fourth-order valence-corrected chi connectivity index (χ4v) is 2.52. The van der Waals surface area contributed by atoms with Crippen LogP contribution in [-0.4, -0.2) is 31.6 Å². The molecule has 2 rings (SSSR count). The van der Waals surface area contributed by atoms with E-state index in [-0.39, 0.29) is 11.9 Å². The molecule has 6 heteroatoms. The maximum atomic E-state index is 12.0. The monoisotopic (exact) mass is 374 g/mol. The first kappa shape index (κ1) is 14.3. The number of esters is 1. The summed E-state index contributed by atoms with van der Waals surface area (Å²) in [7, 11) is 1.33. The van der Waals surface area contributed by atoms with Gasteiger partial charge in [-0.15, -0.1) is 0 Å². The van der Waals surface area contributed by atoms with Gasteiger partial charge in [0.25, 0.3) is 0 Å². The first-order chi connectivity index (χ1) is 9.11. The Labute approximate surface area is 125 Å². The minimum Gasteiger partial charge on any atom is -0.465 e. The summed E-state index contributed by atoms with van der Waals surface area (Å²) in [5.74, 6) is -0.558. The van der Waals surface area contributed by atoms with Crippen molar-refractivity contribution in [1.29, 1.82) is 0 Å². The van der Waals surface area contributed by atoms with Gasteiger partial charge in [0.2, 0.25) is 5.91 Å². The molecule has 1 heterocycles. The van der Waals surface area contributed by atoms with E-state index in [0.717, 1.165) is 23.0 Å². The summed E-state index contributed by atoms with van der Waals surface area (Å²) in [6, 6.07) is 5.08. The Kier molecular flexibility index (Phi) is 4.76. The smallest absolute Gasteiger partial charge is 0.340 e. The van der Waals surface area contributed by atoms with Crippen molar-refractivity contribution in [2.75, 3.05) is 19.0 Å². The summed E-state index contributed by atoms with van der Waals surface area (Å²) < 4.78 is 5.64. The summed E-state index contributed by atoms with van der Waals surface area (Å²) in [5, 5.41) is 5.91. The van der Waals surface area contributed by atoms with Crippen LogP contribution in [0.15, 0.2) is 18.2 Å². The number of benzene rings is 1. The van der Waals surface area contributed by atoms with E-state index in [1.54, 1.807) is 12.1 Å². The lowest BCUT2D eigenvalue weighted by Crippen LogP contribution is -2.35. The molecule has 1 aliphatic heterocycles. The minimum atomic E-state index is -0.451. The van der Waals surface area contributed by atoms with Crippen molar-refractivity contribution in [1.82, 2.24) is 5.32 Å². The number of amides is 1. The SMILES string of the molecule is COC(=O)c1cc(I)ccc1NC(=O)[C@H]1CCCN1. The molecule has 19 heavy (non-hydrogen) atoms. The van der Waals surface area contributed by atoms with Crippen molar-refractivity contribution in [3.63, 3.8) is 0 Å². The van der Waals surface area contributed by atoms with E-state index in [4.69, 9.17) is 4.74 Å². The molecule has 1 amide bonds. The Hall–Kier alpha value is -1.15. The Morgan fingerprint density at radius 2 is 2.26 bits per heavy atom. The standard InChI is InChI=1S/C13H15IN2O3/c1-19-13(18)9-7-8(14)4-5-10(9)16-12(17)11-3-2-6-15-11/h4-5,7,11,15H,2-3,6H2,1H3,(H,16,17)/t11-/m1/s1. The quantitative estimate of drug-likeness (QED) is 0.625. The number of hydrogen-bond donors (Lipinski definition) is 2. The van der Waals surface area contributed by atoms with E-state index in [1.165, 1.54) is 7.11 Å². The van der Waals surface area contributed by atoms with Crippen LogP contribution in [0.3, 0.4) is 0 Å². The lowest BCUT2D eigenvalue weighted by atomic mass is 10.1. The molecular weight excluding hydrogens is 359 g/mol. The number of carbonyl (C=O) groups excluding carboxylic acids is 2. The number of hydrogen-bond acceptors (Lipinski definition) is 4. The van der Waals surface area contributed by atoms with Crippen molar-refractivity contribution in [3.05, 3.63) is 27.3 Å². The highest BCUT2D eigenvalue weighted by atomic mass is 127.